The minimum absolute atomic E-state index is 0.287. The average molecular weight is 320 g/mol. The first-order chi connectivity index (χ1) is 10.7. The molecule has 0 aliphatic rings. The van der Waals surface area contributed by atoms with Gasteiger partial charge in [-0.15, -0.1) is 0 Å². The van der Waals surface area contributed by atoms with Gasteiger partial charge in [-0.05, 0) is 26.8 Å². The number of nitrogens with one attached hydrogen (secondary N) is 1. The van der Waals surface area contributed by atoms with Crippen molar-refractivity contribution in [3.63, 3.8) is 0 Å². The van der Waals surface area contributed by atoms with E-state index in [1.165, 1.54) is 6.08 Å². The molecule has 0 aromatic carbocycles. The van der Waals surface area contributed by atoms with Crippen molar-refractivity contribution >= 4 is 0 Å². The zero-order valence-corrected chi connectivity index (χ0v) is 14.1. The molecule has 1 aromatic heterocycles. The fraction of sp³-hybridized carbons (Fsp3) is 0.438. The molecule has 0 saturated carbocycles. The number of imidazole rings is 1. The highest BCUT2D eigenvalue weighted by Gasteiger charge is 2.20. The second-order valence-corrected chi connectivity index (χ2v) is 6.02. The number of allylic oxidation sites excluding steroid dienone is 2. The van der Waals surface area contributed by atoms with Crippen molar-refractivity contribution < 1.29 is 9.66 Å². The van der Waals surface area contributed by atoms with Crippen molar-refractivity contribution in [3.05, 3.63) is 64.6 Å². The van der Waals surface area contributed by atoms with Crippen LogP contribution in [-0.4, -0.2) is 39.0 Å². The molecule has 7 heteroatoms. The zero-order chi connectivity index (χ0) is 17.5. The highest BCUT2D eigenvalue weighted by Crippen LogP contribution is 2.23. The van der Waals surface area contributed by atoms with Crippen LogP contribution in [0.1, 0.15) is 26.5 Å². The van der Waals surface area contributed by atoms with Crippen LogP contribution >= 0.6 is 0 Å². The first kappa shape index (κ1) is 18.5. The summed E-state index contributed by atoms with van der Waals surface area (Å²) in [6.07, 6.45) is 8.15. The molecule has 0 unspecified atom stereocenters. The zero-order valence-electron chi connectivity index (χ0n) is 14.1. The van der Waals surface area contributed by atoms with Crippen LogP contribution in [0.15, 0.2) is 48.8 Å². The smallest absolute Gasteiger partial charge is 0.224 e. The number of nitro groups is 1. The van der Waals surface area contributed by atoms with Crippen LogP contribution in [0.4, 0.5) is 0 Å². The lowest BCUT2D eigenvalue weighted by molar-refractivity contribution is -0.468. The lowest BCUT2D eigenvalue weighted by atomic mass is 10.1. The highest BCUT2D eigenvalue weighted by molar-refractivity contribution is 5.28. The van der Waals surface area contributed by atoms with Crippen LogP contribution in [0.2, 0.25) is 0 Å². The maximum Gasteiger partial charge on any atom is 0.224 e. The van der Waals surface area contributed by atoms with Crippen LogP contribution in [0.5, 0.6) is 0 Å². The summed E-state index contributed by atoms with van der Waals surface area (Å²) < 4.78 is 5.94. The quantitative estimate of drug-likeness (QED) is 0.344. The molecule has 0 radical (unpaired) electrons. The van der Waals surface area contributed by atoms with E-state index >= 15 is 0 Å². The van der Waals surface area contributed by atoms with Crippen LogP contribution in [-0.2, 0) is 11.3 Å². The van der Waals surface area contributed by atoms with Crippen LogP contribution in [0.3, 0.4) is 0 Å². The summed E-state index contributed by atoms with van der Waals surface area (Å²) in [5.74, 6) is 0.538. The summed E-state index contributed by atoms with van der Waals surface area (Å²) in [7, 11) is 1.84. The fourth-order valence-corrected chi connectivity index (χ4v) is 1.93. The number of hydrogen-bond donors (Lipinski definition) is 1. The van der Waals surface area contributed by atoms with Crippen molar-refractivity contribution in [3.8, 4) is 0 Å². The Hall–Kier alpha value is -2.57. The minimum Gasteiger partial charge on any atom is -0.486 e. The highest BCUT2D eigenvalue weighted by atomic mass is 16.6. The van der Waals surface area contributed by atoms with Crippen molar-refractivity contribution in [2.24, 2.45) is 0 Å². The van der Waals surface area contributed by atoms with Crippen LogP contribution in [0.25, 0.3) is 0 Å². The average Bonchev–Trinajstić information content (AvgIpc) is 2.89. The van der Waals surface area contributed by atoms with E-state index in [9.17, 15) is 10.1 Å². The van der Waals surface area contributed by atoms with Gasteiger partial charge >= 0.3 is 0 Å². The summed E-state index contributed by atoms with van der Waals surface area (Å²) in [6.45, 7) is 9.69. The number of rotatable bonds is 8. The fourth-order valence-electron chi connectivity index (χ4n) is 1.93. The lowest BCUT2D eigenvalue weighted by Gasteiger charge is -2.29. The SMILES string of the molecule is C=C/C=C(OC(C)(C)C)\C(=C/C[N+](=O)[O-])N(C)Cc1cnc[nH]1. The molecule has 7 nitrogen and oxygen atoms in total. The molecule has 0 bridgehead atoms. The lowest BCUT2D eigenvalue weighted by Crippen LogP contribution is -2.26. The molecular formula is C16H24N4O3. The molecule has 0 aliphatic heterocycles. The number of ether oxygens (including phenoxy) is 1. The largest absolute Gasteiger partial charge is 0.486 e. The van der Waals surface area contributed by atoms with E-state index < -0.39 is 5.60 Å². The van der Waals surface area contributed by atoms with E-state index in [-0.39, 0.29) is 11.5 Å². The van der Waals surface area contributed by atoms with Gasteiger partial charge < -0.3 is 14.6 Å². The Labute approximate surface area is 136 Å². The number of H-pyrrole nitrogens is 1. The van der Waals surface area contributed by atoms with E-state index in [0.29, 0.717) is 18.0 Å². The second kappa shape index (κ2) is 8.17. The number of likely N-dealkylation sites (N-methyl/N-ethyl adjacent to an activating group) is 1. The molecule has 0 fully saturated rings. The molecule has 0 aliphatic carbocycles. The number of aromatic nitrogens is 2. The van der Waals surface area contributed by atoms with Crippen LogP contribution < -0.4 is 0 Å². The molecule has 1 aromatic rings. The maximum atomic E-state index is 10.8. The van der Waals surface area contributed by atoms with Crippen molar-refractivity contribution in [2.45, 2.75) is 32.9 Å². The topological polar surface area (TPSA) is 84.3 Å². The summed E-state index contributed by atoms with van der Waals surface area (Å²) >= 11 is 0. The summed E-state index contributed by atoms with van der Waals surface area (Å²) in [5.41, 5.74) is 1.09. The molecule has 0 spiro atoms. The van der Waals surface area contributed by atoms with Gasteiger partial charge in [0.05, 0.1) is 24.3 Å². The monoisotopic (exact) mass is 320 g/mol. The van der Waals surface area contributed by atoms with E-state index in [0.717, 1.165) is 5.69 Å². The normalized spacial score (nSPS) is 12.9. The first-order valence-electron chi connectivity index (χ1n) is 7.25. The van der Waals surface area contributed by atoms with Crippen molar-refractivity contribution in [1.29, 1.82) is 0 Å². The van der Waals surface area contributed by atoms with Gasteiger partial charge in [-0.25, -0.2) is 4.98 Å². The molecule has 1 heterocycles. The minimum atomic E-state index is -0.433. The Morgan fingerprint density at radius 3 is 2.74 bits per heavy atom. The van der Waals surface area contributed by atoms with E-state index in [1.54, 1.807) is 24.7 Å². The predicted octanol–water partition coefficient (Wildman–Crippen LogP) is 2.89. The van der Waals surface area contributed by atoms with Gasteiger partial charge in [-0.1, -0.05) is 12.7 Å². The molecule has 0 atom stereocenters. The Kier molecular flexibility index (Phi) is 6.56. The van der Waals surface area contributed by atoms with Gasteiger partial charge in [0.25, 0.3) is 0 Å². The Morgan fingerprint density at radius 2 is 2.26 bits per heavy atom. The molecule has 0 saturated heterocycles. The Balaban J connectivity index is 3.10. The Morgan fingerprint density at radius 1 is 1.57 bits per heavy atom. The van der Waals surface area contributed by atoms with Gasteiger partial charge in [0.15, 0.2) is 0 Å². The van der Waals surface area contributed by atoms with Gasteiger partial charge in [-0.3, -0.25) is 10.1 Å². The van der Waals surface area contributed by atoms with E-state index in [4.69, 9.17) is 4.74 Å². The molecule has 0 amide bonds. The van der Waals surface area contributed by atoms with Gasteiger partial charge in [0.1, 0.15) is 11.4 Å². The summed E-state index contributed by atoms with van der Waals surface area (Å²) in [6, 6.07) is 0. The predicted molar refractivity (Wildman–Crippen MR) is 89.1 cm³/mol. The number of nitrogens with zero attached hydrogens (tertiary/aromatic N) is 3. The summed E-state index contributed by atoms with van der Waals surface area (Å²) in [4.78, 5) is 19.2. The first-order valence-corrected chi connectivity index (χ1v) is 7.25. The second-order valence-electron chi connectivity index (χ2n) is 6.02. The molecule has 1 rings (SSSR count). The molecule has 1 N–H and O–H groups in total. The maximum absolute atomic E-state index is 10.8. The molecular weight excluding hydrogens is 296 g/mol. The number of hydrogen-bond acceptors (Lipinski definition) is 5. The molecule has 23 heavy (non-hydrogen) atoms. The van der Waals surface area contributed by atoms with Gasteiger partial charge in [0, 0.05) is 24.2 Å². The third-order valence-electron chi connectivity index (χ3n) is 2.75. The van der Waals surface area contributed by atoms with Crippen molar-refractivity contribution in [1.82, 2.24) is 14.9 Å². The summed E-state index contributed by atoms with van der Waals surface area (Å²) in [5, 5.41) is 10.8. The van der Waals surface area contributed by atoms with E-state index in [2.05, 4.69) is 16.5 Å². The third kappa shape index (κ3) is 6.82. The van der Waals surface area contributed by atoms with Gasteiger partial charge in [0.2, 0.25) is 6.54 Å². The van der Waals surface area contributed by atoms with E-state index in [1.807, 2.05) is 32.7 Å². The van der Waals surface area contributed by atoms with Crippen molar-refractivity contribution in [2.75, 3.05) is 13.6 Å². The third-order valence-corrected chi connectivity index (χ3v) is 2.75. The number of aromatic amines is 1. The molecule has 126 valence electrons. The van der Waals surface area contributed by atoms with Gasteiger partial charge in [-0.2, -0.15) is 0 Å². The standard InChI is InChI=1S/C16H24N4O3/c1-6-7-15(23-16(2,3)4)14(8-9-20(21)22)19(5)11-13-10-17-12-18-13/h6-8,10,12H,1,9,11H2,2-5H3,(H,17,18)/b14-8+,15-7+. The Bertz CT molecular complexity index is 583. The van der Waals surface area contributed by atoms with Crippen LogP contribution in [0, 0.1) is 10.1 Å².